The minimum atomic E-state index is -1.14. The number of carbonyl (C=O) groups excluding carboxylic acids is 1. The number of fused-ring (bicyclic) bond motifs is 3. The van der Waals surface area contributed by atoms with E-state index >= 15 is 0 Å². The Morgan fingerprint density at radius 1 is 0.970 bits per heavy atom. The zero-order valence-corrected chi connectivity index (χ0v) is 18.8. The van der Waals surface area contributed by atoms with Crippen molar-refractivity contribution in [2.24, 2.45) is 5.92 Å². The highest BCUT2D eigenvalue weighted by molar-refractivity contribution is 5.79. The second-order valence-electron chi connectivity index (χ2n) is 8.80. The van der Waals surface area contributed by atoms with E-state index in [0.29, 0.717) is 32.5 Å². The molecule has 0 spiro atoms. The van der Waals surface area contributed by atoms with Gasteiger partial charge in [0.2, 0.25) is 0 Å². The molecule has 1 heterocycles. The molecule has 0 saturated carbocycles. The van der Waals surface area contributed by atoms with Gasteiger partial charge in [-0.25, -0.2) is 0 Å². The molecule has 7 nitrogen and oxygen atoms in total. The highest BCUT2D eigenvalue weighted by Gasteiger charge is 2.42. The van der Waals surface area contributed by atoms with Crippen molar-refractivity contribution in [2.45, 2.75) is 56.7 Å². The number of aliphatic hydroxyl groups excluding tert-OH is 3. The second-order valence-corrected chi connectivity index (χ2v) is 8.80. The summed E-state index contributed by atoms with van der Waals surface area (Å²) >= 11 is 0. The topological polar surface area (TPSA) is 105 Å². The van der Waals surface area contributed by atoms with Gasteiger partial charge in [-0.05, 0) is 35.1 Å². The Morgan fingerprint density at radius 3 is 2.24 bits per heavy atom. The van der Waals surface area contributed by atoms with E-state index in [1.807, 2.05) is 24.3 Å². The summed E-state index contributed by atoms with van der Waals surface area (Å²) in [6.45, 7) is 1.99. The van der Waals surface area contributed by atoms with Crippen LogP contribution in [0.25, 0.3) is 11.1 Å². The third-order valence-electron chi connectivity index (χ3n) is 6.62. The predicted molar refractivity (Wildman–Crippen MR) is 121 cm³/mol. The number of hydrogen-bond donors (Lipinski definition) is 3. The Morgan fingerprint density at radius 2 is 1.61 bits per heavy atom. The molecule has 0 amide bonds. The highest BCUT2D eigenvalue weighted by Crippen LogP contribution is 2.44. The van der Waals surface area contributed by atoms with Crippen molar-refractivity contribution in [1.29, 1.82) is 0 Å². The molecule has 2 aromatic carbocycles. The second kappa shape index (κ2) is 10.8. The Hall–Kier alpha value is -2.29. The molecule has 1 fully saturated rings. The SMILES string of the molecule is CC1[C@@H](OCCCCC(=O)OCC2c3ccccc3-c3ccccc32)OC(CO)[C@@H](O)[C@@H]1O. The number of hydrogen-bond acceptors (Lipinski definition) is 7. The fourth-order valence-electron chi connectivity index (χ4n) is 4.67. The summed E-state index contributed by atoms with van der Waals surface area (Å²) in [5.74, 6) is -0.612. The average molecular weight is 457 g/mol. The summed E-state index contributed by atoms with van der Waals surface area (Å²) in [5, 5.41) is 29.3. The molecule has 1 aliphatic heterocycles. The van der Waals surface area contributed by atoms with E-state index in [1.165, 1.54) is 22.3 Å². The van der Waals surface area contributed by atoms with E-state index in [4.69, 9.17) is 14.2 Å². The summed E-state index contributed by atoms with van der Waals surface area (Å²) in [7, 11) is 0. The maximum absolute atomic E-state index is 12.3. The van der Waals surface area contributed by atoms with Gasteiger partial charge in [0.1, 0.15) is 18.8 Å². The molecule has 1 aliphatic carbocycles. The lowest BCUT2D eigenvalue weighted by atomic mass is 9.92. The Balaban J connectivity index is 1.20. The quantitative estimate of drug-likeness (QED) is 0.393. The fraction of sp³-hybridized carbons (Fsp3) is 0.500. The first-order valence-electron chi connectivity index (χ1n) is 11.6. The lowest BCUT2D eigenvalue weighted by Gasteiger charge is -2.40. The van der Waals surface area contributed by atoms with E-state index in [9.17, 15) is 20.1 Å². The van der Waals surface area contributed by atoms with Gasteiger partial charge in [0.05, 0.1) is 12.7 Å². The number of benzene rings is 2. The molecule has 178 valence electrons. The van der Waals surface area contributed by atoms with Gasteiger partial charge in [0.25, 0.3) is 0 Å². The van der Waals surface area contributed by atoms with Crippen molar-refractivity contribution < 1.29 is 34.3 Å². The summed E-state index contributed by atoms with van der Waals surface area (Å²) in [4.78, 5) is 12.3. The van der Waals surface area contributed by atoms with Crippen molar-refractivity contribution in [3.63, 3.8) is 0 Å². The van der Waals surface area contributed by atoms with E-state index in [-0.39, 0.29) is 11.9 Å². The van der Waals surface area contributed by atoms with Crippen LogP contribution >= 0.6 is 0 Å². The highest BCUT2D eigenvalue weighted by atomic mass is 16.7. The van der Waals surface area contributed by atoms with Gasteiger partial charge < -0.3 is 29.5 Å². The number of rotatable bonds is 9. The minimum Gasteiger partial charge on any atom is -0.465 e. The van der Waals surface area contributed by atoms with Gasteiger partial charge in [0.15, 0.2) is 6.29 Å². The average Bonchev–Trinajstić information content (AvgIpc) is 3.16. The third kappa shape index (κ3) is 5.13. The normalized spacial score (nSPS) is 26.6. The van der Waals surface area contributed by atoms with E-state index < -0.39 is 37.1 Å². The van der Waals surface area contributed by atoms with Crippen LogP contribution in [0.2, 0.25) is 0 Å². The molecular weight excluding hydrogens is 424 g/mol. The molecule has 2 aromatic rings. The maximum atomic E-state index is 12.3. The predicted octanol–water partition coefficient (Wildman–Crippen LogP) is 2.60. The van der Waals surface area contributed by atoms with Gasteiger partial charge in [-0.2, -0.15) is 0 Å². The first-order valence-corrected chi connectivity index (χ1v) is 11.6. The zero-order chi connectivity index (χ0) is 23.4. The van der Waals surface area contributed by atoms with E-state index in [2.05, 4.69) is 24.3 Å². The zero-order valence-electron chi connectivity index (χ0n) is 18.8. The first kappa shape index (κ1) is 23.9. The van der Waals surface area contributed by atoms with Crippen molar-refractivity contribution in [1.82, 2.24) is 0 Å². The molecule has 4 rings (SSSR count). The van der Waals surface area contributed by atoms with E-state index in [0.717, 1.165) is 0 Å². The van der Waals surface area contributed by atoms with Crippen LogP contribution in [-0.4, -0.2) is 65.7 Å². The van der Waals surface area contributed by atoms with Crippen LogP contribution in [0.15, 0.2) is 48.5 Å². The van der Waals surface area contributed by atoms with Gasteiger partial charge >= 0.3 is 5.97 Å². The third-order valence-corrected chi connectivity index (χ3v) is 6.62. The molecule has 2 unspecified atom stereocenters. The number of unbranched alkanes of at least 4 members (excludes halogenated alkanes) is 1. The molecule has 0 aromatic heterocycles. The molecule has 33 heavy (non-hydrogen) atoms. The number of ether oxygens (including phenoxy) is 3. The van der Waals surface area contributed by atoms with Crippen LogP contribution < -0.4 is 0 Å². The van der Waals surface area contributed by atoms with Crippen molar-refractivity contribution in [2.75, 3.05) is 19.8 Å². The van der Waals surface area contributed by atoms with Crippen LogP contribution in [0.3, 0.4) is 0 Å². The Labute approximate surface area is 193 Å². The van der Waals surface area contributed by atoms with Crippen LogP contribution in [0.1, 0.15) is 43.2 Å². The van der Waals surface area contributed by atoms with Gasteiger partial charge in [-0.15, -0.1) is 0 Å². The summed E-state index contributed by atoms with van der Waals surface area (Å²) < 4.78 is 16.8. The lowest BCUT2D eigenvalue weighted by molar-refractivity contribution is -0.282. The molecule has 3 N–H and O–H groups in total. The molecule has 7 heteroatoms. The van der Waals surface area contributed by atoms with Gasteiger partial charge in [-0.1, -0.05) is 55.5 Å². The Kier molecular flexibility index (Phi) is 7.78. The molecular formula is C26H32O7. The molecule has 0 bridgehead atoms. The smallest absolute Gasteiger partial charge is 0.305 e. The van der Waals surface area contributed by atoms with Crippen molar-refractivity contribution >= 4 is 5.97 Å². The van der Waals surface area contributed by atoms with Crippen LogP contribution in [0.4, 0.5) is 0 Å². The maximum Gasteiger partial charge on any atom is 0.305 e. The van der Waals surface area contributed by atoms with Crippen molar-refractivity contribution in [3.8, 4) is 11.1 Å². The summed E-state index contributed by atoms with van der Waals surface area (Å²) in [6.07, 6.45) is -2.23. The van der Waals surface area contributed by atoms with E-state index in [1.54, 1.807) is 6.92 Å². The summed E-state index contributed by atoms with van der Waals surface area (Å²) in [5.41, 5.74) is 4.78. The van der Waals surface area contributed by atoms with Crippen LogP contribution in [-0.2, 0) is 19.0 Å². The largest absolute Gasteiger partial charge is 0.465 e. The molecule has 5 atom stereocenters. The standard InChI is InChI=1S/C26H32O7/c1-16-24(29)25(30)22(14-27)33-26(16)31-13-7-6-12-23(28)32-15-21-19-10-4-2-8-17(19)18-9-3-5-11-20(18)21/h2-5,8-11,16,21-22,24-27,29-30H,6-7,12-15H2,1H3/t16?,22?,24-,25-,26+/m1/s1. The lowest BCUT2D eigenvalue weighted by Crippen LogP contribution is -2.55. The number of aliphatic hydroxyl groups is 3. The molecule has 0 radical (unpaired) electrons. The van der Waals surface area contributed by atoms with Crippen LogP contribution in [0, 0.1) is 5.92 Å². The van der Waals surface area contributed by atoms with Crippen molar-refractivity contribution in [3.05, 3.63) is 59.7 Å². The Bertz CT molecular complexity index is 898. The monoisotopic (exact) mass is 456 g/mol. The van der Waals surface area contributed by atoms with Gasteiger partial charge in [-0.3, -0.25) is 4.79 Å². The number of esters is 1. The first-order chi connectivity index (χ1) is 16.0. The number of carbonyl (C=O) groups is 1. The molecule has 2 aliphatic rings. The minimum absolute atomic E-state index is 0.0517. The summed E-state index contributed by atoms with van der Waals surface area (Å²) in [6, 6.07) is 16.5. The molecule has 1 saturated heterocycles. The fourth-order valence-corrected chi connectivity index (χ4v) is 4.67. The van der Waals surface area contributed by atoms with Crippen LogP contribution in [0.5, 0.6) is 0 Å². The van der Waals surface area contributed by atoms with Gasteiger partial charge in [0, 0.05) is 24.9 Å².